The molecule has 0 spiro atoms. The molecule has 0 saturated heterocycles. The van der Waals surface area contributed by atoms with Crippen LogP contribution in [0.5, 0.6) is 0 Å². The van der Waals surface area contributed by atoms with Crippen LogP contribution in [0.3, 0.4) is 0 Å². The molecule has 0 radical (unpaired) electrons. The van der Waals surface area contributed by atoms with Crippen LogP contribution in [0.25, 0.3) is 11.1 Å². The summed E-state index contributed by atoms with van der Waals surface area (Å²) in [7, 11) is 0. The maximum absolute atomic E-state index is 13.3. The van der Waals surface area contributed by atoms with Crippen LogP contribution in [0.4, 0.5) is 18.9 Å². The zero-order chi connectivity index (χ0) is 26.6. The van der Waals surface area contributed by atoms with E-state index in [9.17, 15) is 22.8 Å². The Bertz CT molecular complexity index is 1410. The van der Waals surface area contributed by atoms with E-state index in [0.29, 0.717) is 22.4 Å². The Labute approximate surface area is 212 Å². The summed E-state index contributed by atoms with van der Waals surface area (Å²) in [5.74, 6) is -1.30. The van der Waals surface area contributed by atoms with E-state index < -0.39 is 29.7 Å². The molecule has 0 aromatic heterocycles. The van der Waals surface area contributed by atoms with Crippen LogP contribution >= 0.6 is 0 Å². The van der Waals surface area contributed by atoms with E-state index in [1.807, 2.05) is 32.0 Å². The smallest absolute Gasteiger partial charge is 0.416 e. The van der Waals surface area contributed by atoms with Crippen molar-refractivity contribution in [2.24, 2.45) is 0 Å². The number of carbonyl (C=O) groups is 2. The van der Waals surface area contributed by atoms with Gasteiger partial charge in [0.15, 0.2) is 0 Å². The number of esters is 1. The van der Waals surface area contributed by atoms with E-state index in [1.54, 1.807) is 48.5 Å². The highest BCUT2D eigenvalue weighted by molar-refractivity contribution is 6.01. The molecule has 1 atom stereocenters. The molecule has 0 aliphatic rings. The van der Waals surface area contributed by atoms with Gasteiger partial charge in [0.05, 0.1) is 11.1 Å². The quantitative estimate of drug-likeness (QED) is 0.277. The highest BCUT2D eigenvalue weighted by atomic mass is 19.4. The molecular formula is C30H24F3NO3. The number of halogens is 3. The fraction of sp³-hybridized carbons (Fsp3) is 0.133. The Morgan fingerprint density at radius 2 is 1.46 bits per heavy atom. The number of anilines is 1. The predicted molar refractivity (Wildman–Crippen MR) is 136 cm³/mol. The number of hydrogen-bond donors (Lipinski definition) is 1. The van der Waals surface area contributed by atoms with E-state index in [2.05, 4.69) is 5.32 Å². The minimum atomic E-state index is -4.47. The topological polar surface area (TPSA) is 55.4 Å². The van der Waals surface area contributed by atoms with Crippen LogP contribution in [-0.2, 0) is 15.7 Å². The molecular weight excluding hydrogens is 479 g/mol. The first kappa shape index (κ1) is 25.7. The van der Waals surface area contributed by atoms with Crippen molar-refractivity contribution in [2.45, 2.75) is 26.1 Å². The van der Waals surface area contributed by atoms with Crippen LogP contribution in [-0.4, -0.2) is 11.9 Å². The molecule has 4 aromatic carbocycles. The summed E-state index contributed by atoms with van der Waals surface area (Å²) in [6.07, 6.45) is -5.72. The largest absolute Gasteiger partial charge is 0.444 e. The van der Waals surface area contributed by atoms with Gasteiger partial charge in [0, 0.05) is 11.3 Å². The number of ether oxygens (including phenoxy) is 1. The van der Waals surface area contributed by atoms with Crippen LogP contribution in [0, 0.1) is 13.8 Å². The molecule has 0 aliphatic carbocycles. The summed E-state index contributed by atoms with van der Waals surface area (Å²) in [6, 6.07) is 25.2. The molecule has 7 heteroatoms. The lowest BCUT2D eigenvalue weighted by Gasteiger charge is -2.20. The Morgan fingerprint density at radius 1 is 0.811 bits per heavy atom. The third-order valence-corrected chi connectivity index (χ3v) is 5.89. The SMILES string of the molecule is Cc1ccc(C)c(NC(=O)C(OC(=O)c2ccccc2-c2ccc(C(F)(F)F)cc2)c2ccccc2)c1. The van der Waals surface area contributed by atoms with Crippen LogP contribution in [0.15, 0.2) is 97.1 Å². The molecule has 4 rings (SSSR count). The number of benzene rings is 4. The number of nitrogens with one attached hydrogen (secondary N) is 1. The number of carbonyl (C=O) groups excluding carboxylic acids is 2. The lowest BCUT2D eigenvalue weighted by atomic mass is 9.98. The Kier molecular flexibility index (Phi) is 7.43. The van der Waals surface area contributed by atoms with E-state index in [0.717, 1.165) is 23.3 Å². The average Bonchev–Trinajstić information content (AvgIpc) is 2.89. The molecule has 0 bridgehead atoms. The summed E-state index contributed by atoms with van der Waals surface area (Å²) >= 11 is 0. The van der Waals surface area contributed by atoms with Crippen LogP contribution in [0.1, 0.15) is 38.7 Å². The fourth-order valence-electron chi connectivity index (χ4n) is 3.89. The number of rotatable bonds is 6. The van der Waals surface area contributed by atoms with Gasteiger partial charge in [-0.15, -0.1) is 0 Å². The van der Waals surface area contributed by atoms with Gasteiger partial charge in [0.2, 0.25) is 6.10 Å². The predicted octanol–water partition coefficient (Wildman–Crippen LogP) is 7.53. The summed E-state index contributed by atoms with van der Waals surface area (Å²) < 4.78 is 44.7. The normalized spacial score (nSPS) is 12.0. The minimum absolute atomic E-state index is 0.128. The molecule has 1 amide bonds. The van der Waals surface area contributed by atoms with Crippen molar-refractivity contribution in [2.75, 3.05) is 5.32 Å². The maximum Gasteiger partial charge on any atom is 0.416 e. The van der Waals surface area contributed by atoms with Crippen molar-refractivity contribution in [1.82, 2.24) is 0 Å². The second kappa shape index (κ2) is 10.7. The minimum Gasteiger partial charge on any atom is -0.444 e. The van der Waals surface area contributed by atoms with Crippen LogP contribution in [0.2, 0.25) is 0 Å². The van der Waals surface area contributed by atoms with Crippen molar-refractivity contribution in [3.8, 4) is 11.1 Å². The third kappa shape index (κ3) is 6.06. The first-order chi connectivity index (χ1) is 17.6. The molecule has 188 valence electrons. The van der Waals surface area contributed by atoms with Gasteiger partial charge < -0.3 is 10.1 Å². The van der Waals surface area contributed by atoms with Crippen molar-refractivity contribution in [3.05, 3.63) is 125 Å². The standard InChI is InChI=1S/C30H24F3NO3/c1-19-12-13-20(2)26(18-19)34-28(35)27(22-8-4-3-5-9-22)37-29(36)25-11-7-6-10-24(25)21-14-16-23(17-15-21)30(31,32)33/h3-18,27H,1-2H3,(H,34,35). The van der Waals surface area contributed by atoms with Crippen molar-refractivity contribution in [1.29, 1.82) is 0 Å². The maximum atomic E-state index is 13.3. The van der Waals surface area contributed by atoms with Gasteiger partial charge in [-0.3, -0.25) is 4.79 Å². The number of hydrogen-bond acceptors (Lipinski definition) is 3. The number of amides is 1. The van der Waals surface area contributed by atoms with Gasteiger partial charge in [0.1, 0.15) is 0 Å². The highest BCUT2D eigenvalue weighted by Crippen LogP contribution is 2.33. The average molecular weight is 504 g/mol. The van der Waals surface area contributed by atoms with Gasteiger partial charge in [-0.25, -0.2) is 4.79 Å². The molecule has 0 aliphatic heterocycles. The second-order valence-electron chi connectivity index (χ2n) is 8.62. The molecule has 37 heavy (non-hydrogen) atoms. The zero-order valence-corrected chi connectivity index (χ0v) is 20.2. The van der Waals surface area contributed by atoms with E-state index in [4.69, 9.17) is 4.74 Å². The summed E-state index contributed by atoms with van der Waals surface area (Å²) in [6.45, 7) is 3.76. The molecule has 0 saturated carbocycles. The van der Waals surface area contributed by atoms with E-state index >= 15 is 0 Å². The first-order valence-electron chi connectivity index (χ1n) is 11.5. The Morgan fingerprint density at radius 3 is 2.14 bits per heavy atom. The molecule has 4 nitrogen and oxygen atoms in total. The van der Waals surface area contributed by atoms with Crippen molar-refractivity contribution < 1.29 is 27.5 Å². The van der Waals surface area contributed by atoms with E-state index in [-0.39, 0.29) is 5.56 Å². The number of aryl methyl sites for hydroxylation is 2. The molecule has 4 aromatic rings. The fourth-order valence-corrected chi connectivity index (χ4v) is 3.89. The number of alkyl halides is 3. The Balaban J connectivity index is 1.65. The summed E-state index contributed by atoms with van der Waals surface area (Å²) in [5.41, 5.74) is 3.04. The van der Waals surface area contributed by atoms with E-state index in [1.165, 1.54) is 18.2 Å². The van der Waals surface area contributed by atoms with Crippen molar-refractivity contribution >= 4 is 17.6 Å². The lowest BCUT2D eigenvalue weighted by Crippen LogP contribution is -2.26. The van der Waals surface area contributed by atoms with Gasteiger partial charge in [-0.1, -0.05) is 72.8 Å². The molecule has 0 heterocycles. The molecule has 1 unspecified atom stereocenters. The Hall–Kier alpha value is -4.39. The monoisotopic (exact) mass is 503 g/mol. The molecule has 1 N–H and O–H groups in total. The first-order valence-corrected chi connectivity index (χ1v) is 11.5. The second-order valence-corrected chi connectivity index (χ2v) is 8.62. The van der Waals surface area contributed by atoms with Gasteiger partial charge in [0.25, 0.3) is 5.91 Å². The van der Waals surface area contributed by atoms with Gasteiger partial charge in [-0.2, -0.15) is 13.2 Å². The molecule has 0 fully saturated rings. The van der Waals surface area contributed by atoms with Crippen molar-refractivity contribution in [3.63, 3.8) is 0 Å². The van der Waals surface area contributed by atoms with Gasteiger partial charge in [-0.05, 0) is 60.4 Å². The van der Waals surface area contributed by atoms with Crippen LogP contribution < -0.4 is 5.32 Å². The third-order valence-electron chi connectivity index (χ3n) is 5.89. The zero-order valence-electron chi connectivity index (χ0n) is 20.2. The van der Waals surface area contributed by atoms with Gasteiger partial charge >= 0.3 is 12.1 Å². The summed E-state index contributed by atoms with van der Waals surface area (Å²) in [5, 5.41) is 2.85. The summed E-state index contributed by atoms with van der Waals surface area (Å²) in [4.78, 5) is 26.7. The lowest BCUT2D eigenvalue weighted by molar-refractivity contribution is -0.137. The highest BCUT2D eigenvalue weighted by Gasteiger charge is 2.30.